The molecule has 98 valence electrons. The Morgan fingerprint density at radius 3 is 2.61 bits per heavy atom. The van der Waals surface area contributed by atoms with Crippen molar-refractivity contribution in [3.05, 3.63) is 23.4 Å². The maximum atomic E-state index is 4.69. The van der Waals surface area contributed by atoms with Crippen molar-refractivity contribution in [1.82, 2.24) is 10.3 Å². The predicted octanol–water partition coefficient (Wildman–Crippen LogP) is 2.32. The van der Waals surface area contributed by atoms with Crippen LogP contribution >= 0.6 is 0 Å². The summed E-state index contributed by atoms with van der Waals surface area (Å²) in [7, 11) is 0. The van der Waals surface area contributed by atoms with Crippen molar-refractivity contribution in [2.24, 2.45) is 0 Å². The lowest BCUT2D eigenvalue weighted by atomic mass is 9.91. The van der Waals surface area contributed by atoms with Gasteiger partial charge in [0.05, 0.1) is 0 Å². The summed E-state index contributed by atoms with van der Waals surface area (Å²) in [5.74, 6) is 1.74. The van der Waals surface area contributed by atoms with Crippen LogP contribution < -0.4 is 10.2 Å². The second-order valence-corrected chi connectivity index (χ2v) is 5.95. The number of hydrogen-bond acceptors (Lipinski definition) is 3. The summed E-state index contributed by atoms with van der Waals surface area (Å²) in [6.45, 7) is 8.97. The fourth-order valence-corrected chi connectivity index (χ4v) is 3.19. The topological polar surface area (TPSA) is 28.2 Å². The van der Waals surface area contributed by atoms with Crippen molar-refractivity contribution in [2.45, 2.75) is 51.6 Å². The third-order valence-electron chi connectivity index (χ3n) is 4.26. The van der Waals surface area contributed by atoms with Crippen LogP contribution in [0.15, 0.2) is 12.3 Å². The van der Waals surface area contributed by atoms with Gasteiger partial charge in [-0.15, -0.1) is 0 Å². The normalized spacial score (nSPS) is 26.3. The van der Waals surface area contributed by atoms with E-state index in [9.17, 15) is 0 Å². The minimum atomic E-state index is 0.568. The molecule has 0 radical (unpaired) electrons. The van der Waals surface area contributed by atoms with Crippen LogP contribution in [-0.4, -0.2) is 30.2 Å². The minimum absolute atomic E-state index is 0.568. The summed E-state index contributed by atoms with van der Waals surface area (Å²) in [6.07, 6.45) is 4.54. The van der Waals surface area contributed by atoms with Gasteiger partial charge >= 0.3 is 0 Å². The Morgan fingerprint density at radius 2 is 2.06 bits per heavy atom. The molecule has 0 spiro atoms. The SMILES string of the molecule is CCc1cc(N2CC3CC(C2)N3)ncc1C(C)C. The highest BCUT2D eigenvalue weighted by Crippen LogP contribution is 2.28. The molecule has 0 amide bonds. The second kappa shape index (κ2) is 4.54. The first-order chi connectivity index (χ1) is 8.67. The van der Waals surface area contributed by atoms with Crippen LogP contribution in [0.4, 0.5) is 5.82 Å². The predicted molar refractivity (Wildman–Crippen MR) is 75.2 cm³/mol. The van der Waals surface area contributed by atoms with Crippen LogP contribution in [0.5, 0.6) is 0 Å². The van der Waals surface area contributed by atoms with E-state index < -0.39 is 0 Å². The molecule has 2 bridgehead atoms. The van der Waals surface area contributed by atoms with E-state index in [0.717, 1.165) is 19.5 Å². The van der Waals surface area contributed by atoms with Gasteiger partial charge in [0.15, 0.2) is 0 Å². The molecular weight excluding hydrogens is 222 g/mol. The van der Waals surface area contributed by atoms with Gasteiger partial charge in [-0.05, 0) is 36.0 Å². The Balaban J connectivity index is 1.84. The van der Waals surface area contributed by atoms with Crippen LogP contribution in [0, 0.1) is 0 Å². The highest BCUT2D eigenvalue weighted by Gasteiger charge is 2.36. The zero-order chi connectivity index (χ0) is 12.7. The first-order valence-electron chi connectivity index (χ1n) is 7.17. The summed E-state index contributed by atoms with van der Waals surface area (Å²) in [6, 6.07) is 3.70. The number of piperazine rings is 1. The number of aromatic nitrogens is 1. The van der Waals surface area contributed by atoms with Gasteiger partial charge in [0.1, 0.15) is 5.82 Å². The summed E-state index contributed by atoms with van der Waals surface area (Å²) < 4.78 is 0. The van der Waals surface area contributed by atoms with Gasteiger partial charge in [0.25, 0.3) is 0 Å². The number of hydrogen-bond donors (Lipinski definition) is 1. The van der Waals surface area contributed by atoms with E-state index >= 15 is 0 Å². The average Bonchev–Trinajstić information content (AvgIpc) is 2.37. The fourth-order valence-electron chi connectivity index (χ4n) is 3.19. The molecule has 3 heteroatoms. The first kappa shape index (κ1) is 12.0. The maximum absolute atomic E-state index is 4.69. The van der Waals surface area contributed by atoms with Crippen molar-refractivity contribution in [1.29, 1.82) is 0 Å². The highest BCUT2D eigenvalue weighted by molar-refractivity contribution is 5.46. The second-order valence-electron chi connectivity index (χ2n) is 5.95. The van der Waals surface area contributed by atoms with Crippen LogP contribution in [0.2, 0.25) is 0 Å². The lowest BCUT2D eigenvalue weighted by Gasteiger charge is -2.48. The molecule has 3 fully saturated rings. The Labute approximate surface area is 110 Å². The summed E-state index contributed by atoms with van der Waals surface area (Å²) >= 11 is 0. The maximum Gasteiger partial charge on any atom is 0.128 e. The lowest BCUT2D eigenvalue weighted by Crippen LogP contribution is -2.67. The van der Waals surface area contributed by atoms with Crippen LogP contribution in [0.3, 0.4) is 0 Å². The third kappa shape index (κ3) is 2.01. The Morgan fingerprint density at radius 1 is 1.39 bits per heavy atom. The Bertz CT molecular complexity index is 425. The van der Waals surface area contributed by atoms with Crippen LogP contribution in [-0.2, 0) is 6.42 Å². The number of fused-ring (bicyclic) bond motifs is 2. The van der Waals surface area contributed by atoms with Gasteiger partial charge in [-0.3, -0.25) is 0 Å². The molecule has 2 atom stereocenters. The number of piperidine rings is 1. The molecule has 1 aromatic heterocycles. The molecule has 2 unspecified atom stereocenters. The quantitative estimate of drug-likeness (QED) is 0.886. The smallest absolute Gasteiger partial charge is 0.128 e. The number of nitrogens with one attached hydrogen (secondary N) is 1. The molecule has 3 aliphatic heterocycles. The minimum Gasteiger partial charge on any atom is -0.353 e. The summed E-state index contributed by atoms with van der Waals surface area (Å²) in [5, 5.41) is 3.57. The van der Waals surface area contributed by atoms with Gasteiger partial charge in [0.2, 0.25) is 0 Å². The Hall–Kier alpha value is -1.09. The molecule has 0 aromatic carbocycles. The average molecular weight is 245 g/mol. The number of aryl methyl sites for hydroxylation is 1. The van der Waals surface area contributed by atoms with Crippen molar-refractivity contribution >= 4 is 5.82 Å². The summed E-state index contributed by atoms with van der Waals surface area (Å²) in [4.78, 5) is 7.13. The molecule has 0 saturated carbocycles. The van der Waals surface area contributed by atoms with Crippen LogP contribution in [0.1, 0.15) is 44.2 Å². The molecular formula is C15H23N3. The number of anilines is 1. The van der Waals surface area contributed by atoms with E-state index in [1.165, 1.54) is 23.4 Å². The van der Waals surface area contributed by atoms with E-state index in [-0.39, 0.29) is 0 Å². The van der Waals surface area contributed by atoms with Gasteiger partial charge < -0.3 is 10.2 Å². The molecule has 1 N–H and O–H groups in total. The molecule has 3 aliphatic rings. The third-order valence-corrected chi connectivity index (χ3v) is 4.26. The van der Waals surface area contributed by atoms with E-state index in [4.69, 9.17) is 0 Å². The number of pyridine rings is 1. The van der Waals surface area contributed by atoms with Gasteiger partial charge in [-0.2, -0.15) is 0 Å². The van der Waals surface area contributed by atoms with Crippen molar-refractivity contribution < 1.29 is 0 Å². The van der Waals surface area contributed by atoms with Crippen molar-refractivity contribution in [2.75, 3.05) is 18.0 Å². The van der Waals surface area contributed by atoms with Gasteiger partial charge in [-0.1, -0.05) is 20.8 Å². The largest absolute Gasteiger partial charge is 0.353 e. The lowest BCUT2D eigenvalue weighted by molar-refractivity contribution is 0.225. The van der Waals surface area contributed by atoms with E-state index in [1.807, 2.05) is 0 Å². The van der Waals surface area contributed by atoms with Crippen LogP contribution in [0.25, 0.3) is 0 Å². The molecule has 0 aliphatic carbocycles. The van der Waals surface area contributed by atoms with Crippen molar-refractivity contribution in [3.8, 4) is 0 Å². The monoisotopic (exact) mass is 245 g/mol. The molecule has 1 aromatic rings. The molecule has 4 heterocycles. The zero-order valence-corrected chi connectivity index (χ0v) is 11.6. The van der Waals surface area contributed by atoms with E-state index in [2.05, 4.69) is 48.2 Å². The number of rotatable bonds is 3. The molecule has 4 rings (SSSR count). The van der Waals surface area contributed by atoms with Gasteiger partial charge in [-0.25, -0.2) is 4.98 Å². The van der Waals surface area contributed by atoms with Crippen molar-refractivity contribution in [3.63, 3.8) is 0 Å². The standard InChI is InChI=1S/C15H23N3/c1-4-11-5-15(16-7-14(11)10(2)3)18-8-12-6-13(9-18)17-12/h5,7,10,12-13,17H,4,6,8-9H2,1-3H3. The fraction of sp³-hybridized carbons (Fsp3) is 0.667. The van der Waals surface area contributed by atoms with E-state index in [0.29, 0.717) is 18.0 Å². The molecule has 3 saturated heterocycles. The number of nitrogens with zero attached hydrogens (tertiary/aromatic N) is 2. The first-order valence-corrected chi connectivity index (χ1v) is 7.17. The Kier molecular flexibility index (Phi) is 3.02. The molecule has 3 nitrogen and oxygen atoms in total. The zero-order valence-electron chi connectivity index (χ0n) is 11.6. The summed E-state index contributed by atoms with van der Waals surface area (Å²) in [5.41, 5.74) is 2.86. The molecule has 18 heavy (non-hydrogen) atoms. The highest BCUT2D eigenvalue weighted by atomic mass is 15.3. The van der Waals surface area contributed by atoms with Gasteiger partial charge in [0, 0.05) is 31.4 Å². The van der Waals surface area contributed by atoms with E-state index in [1.54, 1.807) is 0 Å².